The summed E-state index contributed by atoms with van der Waals surface area (Å²) in [6.45, 7) is 6.96. The molecule has 2 heterocycles. The van der Waals surface area contributed by atoms with Crippen molar-refractivity contribution in [3.05, 3.63) is 35.9 Å². The standard InChI is InChI=1S/C19H29N3O.HI/c1-2-20-19(21-14-18-9-6-12-23-18)22-11-10-17(15-22)13-16-7-4-3-5-8-16;/h3-5,7-8,17-18H,2,6,9-15H2,1H3,(H,20,21);1H. The van der Waals surface area contributed by atoms with Crippen molar-refractivity contribution in [1.82, 2.24) is 10.2 Å². The number of benzene rings is 1. The van der Waals surface area contributed by atoms with Crippen molar-refractivity contribution in [3.8, 4) is 0 Å². The van der Waals surface area contributed by atoms with Crippen LogP contribution in [0.15, 0.2) is 35.3 Å². The Labute approximate surface area is 163 Å². The zero-order valence-corrected chi connectivity index (χ0v) is 16.9. The van der Waals surface area contributed by atoms with Gasteiger partial charge in [0.1, 0.15) is 0 Å². The summed E-state index contributed by atoms with van der Waals surface area (Å²) in [5.41, 5.74) is 1.45. The number of ether oxygens (including phenoxy) is 1. The van der Waals surface area contributed by atoms with Crippen LogP contribution >= 0.6 is 24.0 Å². The first kappa shape index (κ1) is 19.5. The van der Waals surface area contributed by atoms with E-state index in [4.69, 9.17) is 9.73 Å². The van der Waals surface area contributed by atoms with Crippen molar-refractivity contribution in [3.63, 3.8) is 0 Å². The number of halogens is 1. The van der Waals surface area contributed by atoms with E-state index < -0.39 is 0 Å². The fraction of sp³-hybridized carbons (Fsp3) is 0.632. The number of rotatable bonds is 5. The van der Waals surface area contributed by atoms with Crippen LogP contribution in [0.2, 0.25) is 0 Å². The van der Waals surface area contributed by atoms with Gasteiger partial charge in [-0.25, -0.2) is 0 Å². The molecule has 1 N–H and O–H groups in total. The highest BCUT2D eigenvalue weighted by Gasteiger charge is 2.25. The van der Waals surface area contributed by atoms with Gasteiger partial charge in [-0.2, -0.15) is 0 Å². The third-order valence-corrected chi connectivity index (χ3v) is 4.76. The second-order valence-electron chi connectivity index (χ2n) is 6.62. The molecule has 5 heteroatoms. The van der Waals surface area contributed by atoms with E-state index in [0.29, 0.717) is 6.10 Å². The van der Waals surface area contributed by atoms with Gasteiger partial charge in [-0.1, -0.05) is 30.3 Å². The molecule has 0 radical (unpaired) electrons. The van der Waals surface area contributed by atoms with Gasteiger partial charge in [0.2, 0.25) is 0 Å². The van der Waals surface area contributed by atoms with Crippen molar-refractivity contribution in [2.75, 3.05) is 32.8 Å². The van der Waals surface area contributed by atoms with E-state index in [1.165, 1.54) is 24.8 Å². The van der Waals surface area contributed by atoms with Gasteiger partial charge >= 0.3 is 0 Å². The van der Waals surface area contributed by atoms with Crippen LogP contribution in [-0.4, -0.2) is 49.7 Å². The van der Waals surface area contributed by atoms with Gasteiger partial charge in [0, 0.05) is 26.2 Å². The number of aliphatic imine (C=N–C) groups is 1. The lowest BCUT2D eigenvalue weighted by Gasteiger charge is -2.22. The van der Waals surface area contributed by atoms with Crippen molar-refractivity contribution >= 4 is 29.9 Å². The third-order valence-electron chi connectivity index (χ3n) is 4.76. The van der Waals surface area contributed by atoms with Gasteiger partial charge in [-0.3, -0.25) is 4.99 Å². The summed E-state index contributed by atoms with van der Waals surface area (Å²) in [4.78, 5) is 7.25. The summed E-state index contributed by atoms with van der Waals surface area (Å²) < 4.78 is 5.69. The Bertz CT molecular complexity index is 503. The molecular formula is C19H30IN3O. The Hall–Kier alpha value is -0.820. The summed E-state index contributed by atoms with van der Waals surface area (Å²) >= 11 is 0. The minimum absolute atomic E-state index is 0. The van der Waals surface area contributed by atoms with Crippen LogP contribution in [0.5, 0.6) is 0 Å². The highest BCUT2D eigenvalue weighted by molar-refractivity contribution is 14.0. The minimum atomic E-state index is 0. The maximum absolute atomic E-state index is 5.69. The van der Waals surface area contributed by atoms with Crippen molar-refractivity contribution in [2.45, 2.75) is 38.7 Å². The molecule has 134 valence electrons. The fourth-order valence-corrected chi connectivity index (χ4v) is 3.54. The summed E-state index contributed by atoms with van der Waals surface area (Å²) in [6, 6.07) is 10.8. The largest absolute Gasteiger partial charge is 0.376 e. The molecule has 2 unspecified atom stereocenters. The average Bonchev–Trinajstić information content (AvgIpc) is 3.24. The average molecular weight is 443 g/mol. The lowest BCUT2D eigenvalue weighted by atomic mass is 9.99. The summed E-state index contributed by atoms with van der Waals surface area (Å²) in [6.07, 6.45) is 5.08. The molecule has 0 aliphatic carbocycles. The maximum atomic E-state index is 5.69. The Balaban J connectivity index is 0.00000208. The molecule has 1 aromatic carbocycles. The molecule has 2 fully saturated rings. The molecule has 0 spiro atoms. The number of nitrogens with zero attached hydrogens (tertiary/aromatic N) is 2. The van der Waals surface area contributed by atoms with Crippen LogP contribution in [0, 0.1) is 5.92 Å². The van der Waals surface area contributed by atoms with Gasteiger partial charge < -0.3 is 15.0 Å². The second kappa shape index (κ2) is 10.2. The van der Waals surface area contributed by atoms with Crippen LogP contribution in [0.3, 0.4) is 0 Å². The molecule has 0 amide bonds. The van der Waals surface area contributed by atoms with Crippen LogP contribution in [-0.2, 0) is 11.2 Å². The lowest BCUT2D eigenvalue weighted by molar-refractivity contribution is 0.117. The highest BCUT2D eigenvalue weighted by atomic mass is 127. The van der Waals surface area contributed by atoms with Gasteiger partial charge in [-0.15, -0.1) is 24.0 Å². The molecule has 24 heavy (non-hydrogen) atoms. The van der Waals surface area contributed by atoms with Crippen LogP contribution in [0.25, 0.3) is 0 Å². The molecule has 2 aliphatic rings. The van der Waals surface area contributed by atoms with E-state index in [1.54, 1.807) is 0 Å². The van der Waals surface area contributed by atoms with E-state index in [1.807, 2.05) is 0 Å². The first-order valence-corrected chi connectivity index (χ1v) is 9.04. The van der Waals surface area contributed by atoms with Crippen molar-refractivity contribution in [1.29, 1.82) is 0 Å². The first-order chi connectivity index (χ1) is 11.3. The van der Waals surface area contributed by atoms with Crippen molar-refractivity contribution < 1.29 is 4.74 Å². The Morgan fingerprint density at radius 2 is 2.12 bits per heavy atom. The molecular weight excluding hydrogens is 413 g/mol. The molecule has 4 nitrogen and oxygen atoms in total. The zero-order chi connectivity index (χ0) is 15.9. The lowest BCUT2D eigenvalue weighted by Crippen LogP contribution is -2.40. The molecule has 2 saturated heterocycles. The number of nitrogens with one attached hydrogen (secondary N) is 1. The molecule has 0 bridgehead atoms. The number of hydrogen-bond donors (Lipinski definition) is 1. The predicted octanol–water partition coefficient (Wildman–Crippen LogP) is 3.31. The summed E-state index contributed by atoms with van der Waals surface area (Å²) in [7, 11) is 0. The number of guanidine groups is 1. The number of hydrogen-bond acceptors (Lipinski definition) is 2. The van der Waals surface area contributed by atoms with Gasteiger partial charge in [0.25, 0.3) is 0 Å². The third kappa shape index (κ3) is 5.62. The minimum Gasteiger partial charge on any atom is -0.376 e. The molecule has 2 aliphatic heterocycles. The smallest absolute Gasteiger partial charge is 0.194 e. The molecule has 1 aromatic rings. The van der Waals surface area contributed by atoms with Crippen LogP contribution in [0.1, 0.15) is 31.7 Å². The normalized spacial score (nSPS) is 24.0. The maximum Gasteiger partial charge on any atom is 0.194 e. The van der Waals surface area contributed by atoms with E-state index in [-0.39, 0.29) is 24.0 Å². The fourth-order valence-electron chi connectivity index (χ4n) is 3.54. The monoisotopic (exact) mass is 443 g/mol. The zero-order valence-electron chi connectivity index (χ0n) is 14.6. The van der Waals surface area contributed by atoms with Crippen LogP contribution < -0.4 is 5.32 Å². The van der Waals surface area contributed by atoms with E-state index in [2.05, 4.69) is 47.5 Å². The molecule has 0 aromatic heterocycles. The van der Waals surface area contributed by atoms with E-state index in [0.717, 1.165) is 51.1 Å². The predicted molar refractivity (Wildman–Crippen MR) is 110 cm³/mol. The second-order valence-corrected chi connectivity index (χ2v) is 6.62. The van der Waals surface area contributed by atoms with Crippen molar-refractivity contribution in [2.24, 2.45) is 10.9 Å². The van der Waals surface area contributed by atoms with E-state index >= 15 is 0 Å². The topological polar surface area (TPSA) is 36.9 Å². The van der Waals surface area contributed by atoms with Gasteiger partial charge in [0.15, 0.2) is 5.96 Å². The Morgan fingerprint density at radius 1 is 1.29 bits per heavy atom. The van der Waals surface area contributed by atoms with Gasteiger partial charge in [-0.05, 0) is 44.1 Å². The quantitative estimate of drug-likeness (QED) is 0.431. The van der Waals surface area contributed by atoms with E-state index in [9.17, 15) is 0 Å². The van der Waals surface area contributed by atoms with Crippen LogP contribution in [0.4, 0.5) is 0 Å². The summed E-state index contributed by atoms with van der Waals surface area (Å²) in [5, 5.41) is 3.45. The molecule has 0 saturated carbocycles. The number of likely N-dealkylation sites (tertiary alicyclic amines) is 1. The first-order valence-electron chi connectivity index (χ1n) is 9.04. The highest BCUT2D eigenvalue weighted by Crippen LogP contribution is 2.21. The van der Waals surface area contributed by atoms with Gasteiger partial charge in [0.05, 0.1) is 12.6 Å². The summed E-state index contributed by atoms with van der Waals surface area (Å²) in [5.74, 6) is 1.79. The SMILES string of the molecule is CCNC(=NCC1CCCO1)N1CCC(Cc2ccccc2)C1.I. The molecule has 3 rings (SSSR count). The molecule has 2 atom stereocenters. The Morgan fingerprint density at radius 3 is 2.83 bits per heavy atom. The Kier molecular flexibility index (Phi) is 8.32.